The maximum Gasteiger partial charge on any atom is 0.310 e. The van der Waals surface area contributed by atoms with E-state index in [2.05, 4.69) is 44.7 Å². The number of rotatable bonds is 4. The van der Waals surface area contributed by atoms with Crippen molar-refractivity contribution in [1.82, 2.24) is 19.7 Å². The van der Waals surface area contributed by atoms with Crippen LogP contribution in [-0.4, -0.2) is 45.4 Å². The second kappa shape index (κ2) is 8.41. The summed E-state index contributed by atoms with van der Waals surface area (Å²) in [5.41, 5.74) is 9.71. The van der Waals surface area contributed by atoms with Gasteiger partial charge in [-0.2, -0.15) is 4.98 Å². The smallest absolute Gasteiger partial charge is 0.310 e. The van der Waals surface area contributed by atoms with Crippen molar-refractivity contribution in [2.75, 3.05) is 30.3 Å². The van der Waals surface area contributed by atoms with E-state index in [1.807, 2.05) is 23.7 Å². The molecular weight excluding hydrogens is 404 g/mol. The van der Waals surface area contributed by atoms with Crippen LogP contribution in [0, 0.1) is 12.8 Å². The maximum atomic E-state index is 12.3. The highest BCUT2D eigenvalue weighted by Crippen LogP contribution is 2.35. The van der Waals surface area contributed by atoms with Crippen molar-refractivity contribution in [2.24, 2.45) is 5.92 Å². The molecule has 0 radical (unpaired) electrons. The van der Waals surface area contributed by atoms with Gasteiger partial charge in [0, 0.05) is 18.7 Å². The molecule has 8 nitrogen and oxygen atoms in total. The highest BCUT2D eigenvalue weighted by atomic mass is 16.5. The van der Waals surface area contributed by atoms with Gasteiger partial charge in [0.05, 0.1) is 29.1 Å². The molecule has 1 fully saturated rings. The van der Waals surface area contributed by atoms with Gasteiger partial charge in [0.25, 0.3) is 0 Å². The fraction of sp³-hybridized carbons (Fsp3) is 0.500. The Labute approximate surface area is 188 Å². The van der Waals surface area contributed by atoms with Crippen LogP contribution in [0.4, 0.5) is 11.8 Å². The molecule has 4 rings (SSSR count). The number of nitrogens with two attached hydrogens (primary N) is 1. The van der Waals surface area contributed by atoms with Crippen LogP contribution in [0.2, 0.25) is 0 Å². The van der Waals surface area contributed by atoms with Gasteiger partial charge in [-0.15, -0.1) is 5.10 Å². The van der Waals surface area contributed by atoms with Gasteiger partial charge in [0.15, 0.2) is 5.65 Å². The van der Waals surface area contributed by atoms with Gasteiger partial charge in [-0.1, -0.05) is 23.8 Å². The molecule has 170 valence electrons. The van der Waals surface area contributed by atoms with Crippen molar-refractivity contribution in [3.05, 3.63) is 29.8 Å². The number of aryl methyl sites for hydroxylation is 1. The van der Waals surface area contributed by atoms with Crippen LogP contribution < -0.4 is 10.6 Å². The summed E-state index contributed by atoms with van der Waals surface area (Å²) in [4.78, 5) is 24.2. The fourth-order valence-electron chi connectivity index (χ4n) is 4.27. The zero-order chi connectivity index (χ0) is 23.0. The lowest BCUT2D eigenvalue weighted by Gasteiger charge is -2.31. The first-order valence-electron chi connectivity index (χ1n) is 11.2. The van der Waals surface area contributed by atoms with Crippen LogP contribution in [0.5, 0.6) is 0 Å². The third-order valence-corrected chi connectivity index (χ3v) is 5.81. The Bertz CT molecular complexity index is 1150. The summed E-state index contributed by atoms with van der Waals surface area (Å²) < 4.78 is 7.07. The number of nitrogen functional groups attached to an aromatic ring is 1. The molecule has 32 heavy (non-hydrogen) atoms. The minimum atomic E-state index is -0.297. The van der Waals surface area contributed by atoms with E-state index in [0.717, 1.165) is 41.6 Å². The Morgan fingerprint density at radius 2 is 2.06 bits per heavy atom. The monoisotopic (exact) mass is 436 g/mol. The Balaban J connectivity index is 1.85. The normalized spacial score (nSPS) is 17.0. The quantitative estimate of drug-likeness (QED) is 0.619. The molecule has 2 N–H and O–H groups in total. The predicted molar refractivity (Wildman–Crippen MR) is 126 cm³/mol. The van der Waals surface area contributed by atoms with E-state index in [-0.39, 0.29) is 17.4 Å². The second-order valence-electron chi connectivity index (χ2n) is 9.45. The predicted octanol–water partition coefficient (Wildman–Crippen LogP) is 3.92. The molecular formula is C24H32N6O2. The van der Waals surface area contributed by atoms with Gasteiger partial charge in [-0.05, 0) is 53.5 Å². The minimum Gasteiger partial charge on any atom is -0.466 e. The number of nitrogens with zero attached hydrogens (tertiary/aromatic N) is 5. The average molecular weight is 437 g/mol. The Morgan fingerprint density at radius 1 is 1.28 bits per heavy atom. The summed E-state index contributed by atoms with van der Waals surface area (Å²) in [6.07, 6.45) is 1.69. The van der Waals surface area contributed by atoms with Crippen LogP contribution in [0.25, 0.3) is 22.3 Å². The van der Waals surface area contributed by atoms with E-state index in [1.165, 1.54) is 0 Å². The number of piperidine rings is 1. The summed E-state index contributed by atoms with van der Waals surface area (Å²) in [6.45, 7) is 11.8. The topological polar surface area (TPSA) is 99.2 Å². The number of fused-ring (bicyclic) bond motifs is 1. The number of hydrogen-bond donors (Lipinski definition) is 1. The number of ether oxygens (including phenoxy) is 1. The number of aromatic nitrogens is 4. The lowest BCUT2D eigenvalue weighted by molar-refractivity contribution is -0.148. The van der Waals surface area contributed by atoms with Crippen LogP contribution in [0.15, 0.2) is 24.3 Å². The number of hydrogen-bond acceptors (Lipinski definition) is 7. The first-order valence-corrected chi connectivity index (χ1v) is 11.2. The molecule has 3 heterocycles. The van der Waals surface area contributed by atoms with Crippen LogP contribution >= 0.6 is 0 Å². The van der Waals surface area contributed by atoms with Crippen LogP contribution in [0.1, 0.15) is 46.1 Å². The number of carbonyl (C=O) groups is 1. The number of esters is 1. The van der Waals surface area contributed by atoms with Gasteiger partial charge < -0.3 is 15.4 Å². The maximum absolute atomic E-state index is 12.3. The van der Waals surface area contributed by atoms with E-state index >= 15 is 0 Å². The number of anilines is 2. The van der Waals surface area contributed by atoms with E-state index < -0.39 is 0 Å². The van der Waals surface area contributed by atoms with Crippen LogP contribution in [-0.2, 0) is 15.1 Å². The molecule has 1 unspecified atom stereocenters. The molecule has 1 saturated heterocycles. The Hall–Kier alpha value is -3.16. The lowest BCUT2D eigenvalue weighted by atomic mass is 9.98. The molecule has 1 atom stereocenters. The zero-order valence-electron chi connectivity index (χ0n) is 19.6. The molecule has 0 spiro atoms. The average Bonchev–Trinajstić information content (AvgIpc) is 3.10. The van der Waals surface area contributed by atoms with Gasteiger partial charge in [-0.25, -0.2) is 9.67 Å². The first kappa shape index (κ1) is 22.0. The molecule has 3 aromatic rings. The third kappa shape index (κ3) is 4.13. The number of carbonyl (C=O) groups excluding carboxylic acids is 1. The van der Waals surface area contributed by atoms with Gasteiger partial charge in [0.1, 0.15) is 5.82 Å². The Morgan fingerprint density at radius 3 is 2.75 bits per heavy atom. The summed E-state index contributed by atoms with van der Waals surface area (Å²) in [6, 6.07) is 8.20. The fourth-order valence-corrected chi connectivity index (χ4v) is 4.27. The van der Waals surface area contributed by atoms with Crippen molar-refractivity contribution >= 4 is 28.8 Å². The molecule has 1 aliphatic heterocycles. The summed E-state index contributed by atoms with van der Waals surface area (Å²) in [5, 5.41) is 5.51. The summed E-state index contributed by atoms with van der Waals surface area (Å²) in [7, 11) is 0. The van der Waals surface area contributed by atoms with Crippen molar-refractivity contribution in [3.63, 3.8) is 0 Å². The van der Waals surface area contributed by atoms with Crippen molar-refractivity contribution in [3.8, 4) is 11.3 Å². The highest BCUT2D eigenvalue weighted by molar-refractivity contribution is 5.99. The second-order valence-corrected chi connectivity index (χ2v) is 9.45. The number of benzene rings is 1. The van der Waals surface area contributed by atoms with Gasteiger partial charge >= 0.3 is 5.97 Å². The van der Waals surface area contributed by atoms with Crippen molar-refractivity contribution in [1.29, 1.82) is 0 Å². The van der Waals surface area contributed by atoms with Crippen LogP contribution in [0.3, 0.4) is 0 Å². The summed E-state index contributed by atoms with van der Waals surface area (Å²) >= 11 is 0. The van der Waals surface area contributed by atoms with Gasteiger partial charge in [0.2, 0.25) is 5.95 Å². The first-order chi connectivity index (χ1) is 15.2. The third-order valence-electron chi connectivity index (χ3n) is 5.81. The van der Waals surface area contributed by atoms with E-state index in [1.54, 1.807) is 0 Å². The standard InChI is InChI=1S/C24H32N6O2/c1-6-32-22(31)17-11-8-12-29(14-17)23-26-19(16-10-7-9-15(2)13-16)18-20(25)30(24(3,4)5)28-21(18)27-23/h7,9-10,13,17H,6,8,11-12,14,25H2,1-5H3. The van der Waals surface area contributed by atoms with Gasteiger partial charge in [-0.3, -0.25) is 4.79 Å². The van der Waals surface area contributed by atoms with Crippen molar-refractivity contribution in [2.45, 2.75) is 53.0 Å². The molecule has 1 aromatic carbocycles. The SMILES string of the molecule is CCOC(=O)C1CCCN(c2nc(-c3cccc(C)c3)c3c(N)n(C(C)(C)C)nc3n2)C1. The molecule has 0 saturated carbocycles. The molecule has 1 aliphatic rings. The van der Waals surface area contributed by atoms with E-state index in [9.17, 15) is 4.79 Å². The molecule has 0 amide bonds. The lowest BCUT2D eigenvalue weighted by Crippen LogP contribution is -2.40. The summed E-state index contributed by atoms with van der Waals surface area (Å²) in [5.74, 6) is 0.793. The molecule has 8 heteroatoms. The zero-order valence-corrected chi connectivity index (χ0v) is 19.6. The minimum absolute atomic E-state index is 0.154. The van der Waals surface area contributed by atoms with E-state index in [4.69, 9.17) is 25.5 Å². The molecule has 0 aliphatic carbocycles. The molecule has 2 aromatic heterocycles. The molecule has 0 bridgehead atoms. The van der Waals surface area contributed by atoms with Crippen molar-refractivity contribution < 1.29 is 9.53 Å². The van der Waals surface area contributed by atoms with E-state index in [0.29, 0.717) is 30.6 Å². The Kier molecular flexibility index (Phi) is 5.79. The highest BCUT2D eigenvalue weighted by Gasteiger charge is 2.30. The largest absolute Gasteiger partial charge is 0.466 e.